The van der Waals surface area contributed by atoms with Crippen molar-refractivity contribution in [2.45, 2.75) is 70.4 Å². The minimum Gasteiger partial charge on any atom is -0.370 e. The van der Waals surface area contributed by atoms with Crippen LogP contribution in [0.2, 0.25) is 0 Å². The van der Waals surface area contributed by atoms with Crippen molar-refractivity contribution in [2.75, 3.05) is 24.6 Å². The lowest BCUT2D eigenvalue weighted by atomic mass is 9.83. The number of fused-ring (bicyclic) bond motifs is 1. The molecular weight excluding hydrogens is 426 g/mol. The van der Waals surface area contributed by atoms with Gasteiger partial charge in [0.2, 0.25) is 11.9 Å². The molecule has 0 amide bonds. The third kappa shape index (κ3) is 4.55. The Balaban J connectivity index is 1.47. The van der Waals surface area contributed by atoms with Crippen LogP contribution in [0.4, 0.5) is 14.7 Å². The van der Waals surface area contributed by atoms with Gasteiger partial charge in [-0.2, -0.15) is 10.1 Å². The number of alkyl halides is 2. The van der Waals surface area contributed by atoms with Crippen LogP contribution in [0.1, 0.15) is 74.5 Å². The molecule has 4 heterocycles. The van der Waals surface area contributed by atoms with E-state index in [0.29, 0.717) is 44.1 Å². The van der Waals surface area contributed by atoms with Gasteiger partial charge in [-0.15, -0.1) is 0 Å². The lowest BCUT2D eigenvalue weighted by Crippen LogP contribution is -2.39. The summed E-state index contributed by atoms with van der Waals surface area (Å²) in [7, 11) is 0. The Morgan fingerprint density at radius 3 is 2.64 bits per heavy atom. The Bertz CT molecular complexity index is 1140. The molecule has 1 atom stereocenters. The normalized spacial score (nSPS) is 21.8. The van der Waals surface area contributed by atoms with Gasteiger partial charge in [-0.1, -0.05) is 0 Å². The number of ether oxygens (including phenoxy) is 1. The summed E-state index contributed by atoms with van der Waals surface area (Å²) in [4.78, 5) is 16.5. The van der Waals surface area contributed by atoms with Gasteiger partial charge in [0.05, 0.1) is 25.0 Å². The highest BCUT2D eigenvalue weighted by molar-refractivity contribution is 5.79. The number of nitrogens with zero attached hydrogens (tertiary/aromatic N) is 6. The van der Waals surface area contributed by atoms with Crippen LogP contribution in [-0.4, -0.2) is 50.4 Å². The molecule has 1 saturated carbocycles. The first kappa shape index (κ1) is 22.1. The molecule has 0 bridgehead atoms. The van der Waals surface area contributed by atoms with Gasteiger partial charge in [0.25, 0.3) is 0 Å². The van der Waals surface area contributed by atoms with Gasteiger partial charge in [-0.05, 0) is 45.7 Å². The van der Waals surface area contributed by atoms with Crippen LogP contribution in [0, 0.1) is 6.92 Å². The second-order valence-electron chi connectivity index (χ2n) is 9.52. The van der Waals surface area contributed by atoms with Crippen LogP contribution in [0.5, 0.6) is 0 Å². The lowest BCUT2D eigenvalue weighted by molar-refractivity contribution is -0.0383. The van der Waals surface area contributed by atoms with Gasteiger partial charge in [-0.25, -0.2) is 18.7 Å². The maximum atomic E-state index is 13.8. The molecule has 0 N–H and O–H groups in total. The first-order valence-electron chi connectivity index (χ1n) is 11.7. The summed E-state index contributed by atoms with van der Waals surface area (Å²) in [5.41, 5.74) is 3.36. The average molecular weight is 457 g/mol. The fourth-order valence-electron chi connectivity index (χ4n) is 4.72. The van der Waals surface area contributed by atoms with Crippen molar-refractivity contribution < 1.29 is 13.5 Å². The molecule has 2 fully saturated rings. The van der Waals surface area contributed by atoms with Crippen molar-refractivity contribution in [2.24, 2.45) is 0 Å². The van der Waals surface area contributed by atoms with Crippen LogP contribution >= 0.6 is 0 Å². The van der Waals surface area contributed by atoms with Crippen LogP contribution in [0.15, 0.2) is 24.5 Å². The second-order valence-corrected chi connectivity index (χ2v) is 9.52. The van der Waals surface area contributed by atoms with Gasteiger partial charge in [0, 0.05) is 54.2 Å². The summed E-state index contributed by atoms with van der Waals surface area (Å²) in [5.74, 6) is -1.99. The molecule has 3 aromatic heterocycles. The standard InChI is InChI=1S/C24H30F2N6O/c1-15(2)32-13-18(12-27-32)20-14-31(10-11-33-20)23-29-21(17-6-8-24(25,26)9-7-17)19-5-4-16(3)28-22(19)30-23/h4-5,12-13,15,17,20H,6-11,14H2,1-3H3/t20-/m0/s1. The minimum absolute atomic E-state index is 0.0144. The first-order valence-corrected chi connectivity index (χ1v) is 11.7. The highest BCUT2D eigenvalue weighted by atomic mass is 19.3. The molecule has 33 heavy (non-hydrogen) atoms. The Morgan fingerprint density at radius 2 is 1.91 bits per heavy atom. The third-order valence-electron chi connectivity index (χ3n) is 6.69. The Hall–Kier alpha value is -2.68. The zero-order valence-electron chi connectivity index (χ0n) is 19.3. The largest absolute Gasteiger partial charge is 0.370 e. The average Bonchev–Trinajstić information content (AvgIpc) is 3.29. The Kier molecular flexibility index (Phi) is 5.76. The fraction of sp³-hybridized carbons (Fsp3) is 0.583. The highest BCUT2D eigenvalue weighted by Gasteiger charge is 2.37. The van der Waals surface area contributed by atoms with Crippen molar-refractivity contribution >= 4 is 17.0 Å². The Labute approximate surface area is 192 Å². The smallest absolute Gasteiger partial charge is 0.248 e. The maximum absolute atomic E-state index is 13.8. The first-order chi connectivity index (χ1) is 15.8. The number of hydrogen-bond acceptors (Lipinski definition) is 6. The summed E-state index contributed by atoms with van der Waals surface area (Å²) < 4.78 is 35.6. The van der Waals surface area contributed by atoms with Crippen LogP contribution in [-0.2, 0) is 4.74 Å². The number of aryl methyl sites for hydroxylation is 1. The molecule has 1 saturated heterocycles. The van der Waals surface area contributed by atoms with E-state index in [4.69, 9.17) is 14.7 Å². The zero-order valence-corrected chi connectivity index (χ0v) is 19.3. The number of aromatic nitrogens is 5. The molecule has 7 nitrogen and oxygen atoms in total. The quantitative estimate of drug-likeness (QED) is 0.551. The predicted octanol–water partition coefficient (Wildman–Crippen LogP) is 4.98. The van der Waals surface area contributed by atoms with E-state index >= 15 is 0 Å². The van der Waals surface area contributed by atoms with E-state index in [9.17, 15) is 8.78 Å². The van der Waals surface area contributed by atoms with Gasteiger partial charge in [0.1, 0.15) is 6.10 Å². The molecular formula is C24H30F2N6O. The molecule has 1 aliphatic carbocycles. The predicted molar refractivity (Wildman–Crippen MR) is 122 cm³/mol. The molecule has 2 aliphatic rings. The number of rotatable bonds is 4. The maximum Gasteiger partial charge on any atom is 0.248 e. The molecule has 5 rings (SSSR count). The lowest BCUT2D eigenvalue weighted by Gasteiger charge is -2.33. The van der Waals surface area contributed by atoms with Crippen molar-refractivity contribution in [3.8, 4) is 0 Å². The third-order valence-corrected chi connectivity index (χ3v) is 6.69. The fourth-order valence-corrected chi connectivity index (χ4v) is 4.72. The summed E-state index contributed by atoms with van der Waals surface area (Å²) >= 11 is 0. The molecule has 1 aliphatic heterocycles. The van der Waals surface area contributed by atoms with Gasteiger partial charge < -0.3 is 9.64 Å². The number of pyridine rings is 1. The van der Waals surface area contributed by atoms with Gasteiger partial charge >= 0.3 is 0 Å². The van der Waals surface area contributed by atoms with E-state index in [2.05, 4.69) is 28.8 Å². The zero-order chi connectivity index (χ0) is 23.2. The molecule has 0 aromatic carbocycles. The van der Waals surface area contributed by atoms with E-state index in [-0.39, 0.29) is 30.9 Å². The van der Waals surface area contributed by atoms with Crippen molar-refractivity contribution in [3.63, 3.8) is 0 Å². The van der Waals surface area contributed by atoms with E-state index < -0.39 is 5.92 Å². The van der Waals surface area contributed by atoms with E-state index in [1.807, 2.05) is 36.1 Å². The van der Waals surface area contributed by atoms with E-state index in [1.165, 1.54) is 0 Å². The van der Waals surface area contributed by atoms with Crippen molar-refractivity contribution in [1.29, 1.82) is 0 Å². The molecule has 9 heteroatoms. The van der Waals surface area contributed by atoms with Crippen molar-refractivity contribution in [3.05, 3.63) is 41.5 Å². The van der Waals surface area contributed by atoms with E-state index in [1.54, 1.807) is 0 Å². The number of hydrogen-bond donors (Lipinski definition) is 0. The number of anilines is 1. The molecule has 0 spiro atoms. The van der Waals surface area contributed by atoms with Gasteiger partial charge in [-0.3, -0.25) is 4.68 Å². The monoisotopic (exact) mass is 456 g/mol. The molecule has 3 aromatic rings. The molecule has 0 unspecified atom stereocenters. The SMILES string of the molecule is Cc1ccc2c(C3CCC(F)(F)CC3)nc(N3CCO[C@H](c4cnn(C(C)C)c4)C3)nc2n1. The summed E-state index contributed by atoms with van der Waals surface area (Å²) in [6.45, 7) is 7.92. The van der Waals surface area contributed by atoms with Gasteiger partial charge in [0.15, 0.2) is 5.65 Å². The van der Waals surface area contributed by atoms with E-state index in [0.717, 1.165) is 22.3 Å². The molecule has 0 radical (unpaired) electrons. The highest BCUT2D eigenvalue weighted by Crippen LogP contribution is 2.42. The summed E-state index contributed by atoms with van der Waals surface area (Å²) in [6.07, 6.45) is 4.40. The summed E-state index contributed by atoms with van der Waals surface area (Å²) in [6, 6.07) is 4.19. The van der Waals surface area contributed by atoms with Crippen LogP contribution < -0.4 is 4.90 Å². The summed E-state index contributed by atoms with van der Waals surface area (Å²) in [5, 5.41) is 5.31. The van der Waals surface area contributed by atoms with Crippen molar-refractivity contribution in [1.82, 2.24) is 24.7 Å². The van der Waals surface area contributed by atoms with Crippen LogP contribution in [0.25, 0.3) is 11.0 Å². The molecule has 176 valence electrons. The van der Waals surface area contributed by atoms with Crippen LogP contribution in [0.3, 0.4) is 0 Å². The second kappa shape index (κ2) is 8.59. The number of morpholine rings is 1. The number of halogens is 2. The Morgan fingerprint density at radius 1 is 1.12 bits per heavy atom. The minimum atomic E-state index is -2.57. The topological polar surface area (TPSA) is 69.0 Å².